The van der Waals surface area contributed by atoms with E-state index in [-0.39, 0.29) is 11.8 Å². The summed E-state index contributed by atoms with van der Waals surface area (Å²) < 4.78 is 0. The van der Waals surface area contributed by atoms with Crippen molar-refractivity contribution in [1.82, 2.24) is 10.3 Å². The molecule has 20 heavy (non-hydrogen) atoms. The minimum absolute atomic E-state index is 0.117. The number of rotatable bonds is 4. The number of nitrogens with zero attached hydrogens (tertiary/aromatic N) is 1. The predicted molar refractivity (Wildman–Crippen MR) is 83.0 cm³/mol. The largest absolute Gasteiger partial charge is 0.384 e. The Morgan fingerprint density at radius 3 is 2.80 bits per heavy atom. The average Bonchev–Trinajstić information content (AvgIpc) is 2.80. The van der Waals surface area contributed by atoms with Crippen molar-refractivity contribution in [3.05, 3.63) is 45.3 Å². The van der Waals surface area contributed by atoms with Crippen LogP contribution < -0.4 is 11.1 Å². The lowest BCUT2D eigenvalue weighted by Gasteiger charge is -2.09. The summed E-state index contributed by atoms with van der Waals surface area (Å²) >= 11 is 1.65. The van der Waals surface area contributed by atoms with Crippen LogP contribution >= 0.6 is 11.3 Å². The highest BCUT2D eigenvalue weighted by atomic mass is 32.1. The fourth-order valence-corrected chi connectivity index (χ4v) is 2.69. The van der Waals surface area contributed by atoms with Crippen molar-refractivity contribution in [3.63, 3.8) is 0 Å². The number of nitrogens with one attached hydrogen (secondary N) is 1. The van der Waals surface area contributed by atoms with E-state index in [2.05, 4.69) is 10.3 Å². The molecule has 3 N–H and O–H groups in total. The number of nitrogen functional groups attached to an aromatic ring is 1. The van der Waals surface area contributed by atoms with Gasteiger partial charge in [-0.3, -0.25) is 4.79 Å². The van der Waals surface area contributed by atoms with Gasteiger partial charge < -0.3 is 11.1 Å². The van der Waals surface area contributed by atoms with E-state index in [0.717, 1.165) is 5.69 Å². The molecule has 0 unspecified atom stereocenters. The van der Waals surface area contributed by atoms with E-state index in [4.69, 9.17) is 5.73 Å². The minimum atomic E-state index is -0.117. The monoisotopic (exact) mass is 289 g/mol. The third-order valence-corrected chi connectivity index (χ3v) is 4.12. The van der Waals surface area contributed by atoms with Gasteiger partial charge in [-0.25, -0.2) is 4.98 Å². The summed E-state index contributed by atoms with van der Waals surface area (Å²) in [5.41, 5.74) is 8.36. The summed E-state index contributed by atoms with van der Waals surface area (Å²) in [6.45, 7) is 6.64. The van der Waals surface area contributed by atoms with E-state index in [1.807, 2.05) is 32.2 Å². The Hall–Kier alpha value is -1.88. The van der Waals surface area contributed by atoms with Gasteiger partial charge in [0.05, 0.1) is 6.54 Å². The molecular formula is C15H19N3OS. The maximum absolute atomic E-state index is 12.2. The van der Waals surface area contributed by atoms with E-state index in [0.29, 0.717) is 17.9 Å². The number of anilines is 1. The number of carbonyl (C=O) groups excluding carboxylic acids is 1. The van der Waals surface area contributed by atoms with Crippen molar-refractivity contribution in [1.29, 1.82) is 0 Å². The van der Waals surface area contributed by atoms with Gasteiger partial charge in [-0.1, -0.05) is 13.8 Å². The molecule has 0 bridgehead atoms. The van der Waals surface area contributed by atoms with Gasteiger partial charge in [-0.15, -0.1) is 11.3 Å². The van der Waals surface area contributed by atoms with Crippen LogP contribution in [-0.4, -0.2) is 10.9 Å². The van der Waals surface area contributed by atoms with Gasteiger partial charge >= 0.3 is 0 Å². The van der Waals surface area contributed by atoms with E-state index >= 15 is 0 Å². The number of thiophene rings is 1. The predicted octanol–water partition coefficient (Wildman–Crippen LogP) is 3.09. The second-order valence-corrected chi connectivity index (χ2v) is 6.07. The molecule has 2 heterocycles. The van der Waals surface area contributed by atoms with Crippen molar-refractivity contribution in [2.45, 2.75) is 33.2 Å². The van der Waals surface area contributed by atoms with Crippen LogP contribution in [0.4, 0.5) is 5.82 Å². The molecule has 2 aromatic rings. The second kappa shape index (κ2) is 6.05. The molecule has 0 saturated carbocycles. The summed E-state index contributed by atoms with van der Waals surface area (Å²) in [6, 6.07) is 5.47. The number of hydrogen-bond acceptors (Lipinski definition) is 4. The molecule has 2 rings (SSSR count). The van der Waals surface area contributed by atoms with Crippen LogP contribution in [0.1, 0.15) is 46.3 Å². The molecule has 0 aromatic carbocycles. The number of carbonyl (C=O) groups is 1. The minimum Gasteiger partial charge on any atom is -0.384 e. The van der Waals surface area contributed by atoms with Gasteiger partial charge in [-0.05, 0) is 42.0 Å². The molecule has 0 aliphatic carbocycles. The molecule has 0 saturated heterocycles. The van der Waals surface area contributed by atoms with Crippen molar-refractivity contribution in [3.8, 4) is 0 Å². The first-order valence-corrected chi connectivity index (χ1v) is 7.44. The van der Waals surface area contributed by atoms with Crippen LogP contribution in [0.25, 0.3) is 0 Å². The number of pyridine rings is 1. The number of aromatic nitrogens is 1. The Bertz CT molecular complexity index is 619. The number of amides is 1. The zero-order chi connectivity index (χ0) is 14.7. The molecular weight excluding hydrogens is 270 g/mol. The van der Waals surface area contributed by atoms with Gasteiger partial charge in [0.1, 0.15) is 5.82 Å². The normalized spacial score (nSPS) is 10.8. The Kier molecular flexibility index (Phi) is 4.39. The van der Waals surface area contributed by atoms with Crippen molar-refractivity contribution in [2.75, 3.05) is 5.73 Å². The first-order valence-electron chi connectivity index (χ1n) is 6.56. The highest BCUT2D eigenvalue weighted by molar-refractivity contribution is 7.10. The van der Waals surface area contributed by atoms with Crippen LogP contribution in [0, 0.1) is 6.92 Å². The van der Waals surface area contributed by atoms with Gasteiger partial charge in [0.2, 0.25) is 0 Å². The molecule has 4 nitrogen and oxygen atoms in total. The van der Waals surface area contributed by atoms with Crippen LogP contribution in [0.15, 0.2) is 23.6 Å². The zero-order valence-corrected chi connectivity index (χ0v) is 12.8. The molecule has 1 amide bonds. The first kappa shape index (κ1) is 14.5. The van der Waals surface area contributed by atoms with Crippen LogP contribution in [0.3, 0.4) is 0 Å². The maximum atomic E-state index is 12.2. The lowest BCUT2D eigenvalue weighted by atomic mass is 10.1. The Morgan fingerprint density at radius 1 is 1.45 bits per heavy atom. The molecule has 0 fully saturated rings. The lowest BCUT2D eigenvalue weighted by Crippen LogP contribution is -2.23. The van der Waals surface area contributed by atoms with Gasteiger partial charge in [-0.2, -0.15) is 0 Å². The Balaban J connectivity index is 2.11. The molecule has 2 aromatic heterocycles. The molecule has 0 atom stereocenters. The quantitative estimate of drug-likeness (QED) is 0.909. The maximum Gasteiger partial charge on any atom is 0.251 e. The zero-order valence-electron chi connectivity index (χ0n) is 11.9. The average molecular weight is 289 g/mol. The van der Waals surface area contributed by atoms with Crippen LogP contribution in [-0.2, 0) is 6.54 Å². The smallest absolute Gasteiger partial charge is 0.251 e. The SMILES string of the molecule is Cc1ccsc1CNC(=O)c1cc(N)nc(C(C)C)c1. The van der Waals surface area contributed by atoms with Crippen LogP contribution in [0.5, 0.6) is 0 Å². The summed E-state index contributed by atoms with van der Waals surface area (Å²) in [5.74, 6) is 0.507. The molecule has 0 aliphatic rings. The lowest BCUT2D eigenvalue weighted by molar-refractivity contribution is 0.0951. The fraction of sp³-hybridized carbons (Fsp3) is 0.333. The van der Waals surface area contributed by atoms with E-state index < -0.39 is 0 Å². The molecule has 5 heteroatoms. The van der Waals surface area contributed by atoms with Crippen molar-refractivity contribution >= 4 is 23.1 Å². The third kappa shape index (κ3) is 3.36. The standard InChI is InChI=1S/C15H19N3OS/c1-9(2)12-6-11(7-14(16)18-12)15(19)17-8-13-10(3)4-5-20-13/h4-7,9H,8H2,1-3H3,(H2,16,18)(H,17,19). The van der Waals surface area contributed by atoms with Gasteiger partial charge in [0.25, 0.3) is 5.91 Å². The second-order valence-electron chi connectivity index (χ2n) is 5.07. The first-order chi connectivity index (χ1) is 9.47. The van der Waals surface area contributed by atoms with Gasteiger partial charge in [0, 0.05) is 16.1 Å². The molecule has 0 radical (unpaired) electrons. The summed E-state index contributed by atoms with van der Waals surface area (Å²) in [5, 5.41) is 4.95. The molecule has 0 spiro atoms. The van der Waals surface area contributed by atoms with Crippen molar-refractivity contribution in [2.24, 2.45) is 0 Å². The fourth-order valence-electron chi connectivity index (χ4n) is 1.85. The van der Waals surface area contributed by atoms with Gasteiger partial charge in [0.15, 0.2) is 0 Å². The Morgan fingerprint density at radius 2 is 2.20 bits per heavy atom. The summed E-state index contributed by atoms with van der Waals surface area (Å²) in [6.07, 6.45) is 0. The Labute approximate surface area is 123 Å². The number of nitrogens with two attached hydrogens (primary N) is 1. The molecule has 106 valence electrons. The third-order valence-electron chi connectivity index (χ3n) is 3.10. The molecule has 0 aliphatic heterocycles. The number of aryl methyl sites for hydroxylation is 1. The van der Waals surface area contributed by atoms with Crippen LogP contribution in [0.2, 0.25) is 0 Å². The summed E-state index contributed by atoms with van der Waals surface area (Å²) in [7, 11) is 0. The highest BCUT2D eigenvalue weighted by Crippen LogP contribution is 2.17. The topological polar surface area (TPSA) is 68.0 Å². The van der Waals surface area contributed by atoms with E-state index in [1.165, 1.54) is 10.4 Å². The summed E-state index contributed by atoms with van der Waals surface area (Å²) in [4.78, 5) is 17.6. The van der Waals surface area contributed by atoms with E-state index in [1.54, 1.807) is 23.5 Å². The number of hydrogen-bond donors (Lipinski definition) is 2. The van der Waals surface area contributed by atoms with Crippen molar-refractivity contribution < 1.29 is 4.79 Å². The van der Waals surface area contributed by atoms with E-state index in [9.17, 15) is 4.79 Å². The highest BCUT2D eigenvalue weighted by Gasteiger charge is 2.11.